The number of hydrogen-bond acceptors (Lipinski definition) is 2. The summed E-state index contributed by atoms with van der Waals surface area (Å²) in [5, 5.41) is 11.7. The molecule has 0 radical (unpaired) electrons. The van der Waals surface area contributed by atoms with Crippen LogP contribution in [0, 0.1) is 0 Å². The first-order valence-electron chi connectivity index (χ1n) is 6.50. The van der Waals surface area contributed by atoms with Crippen molar-refractivity contribution in [3.8, 4) is 11.1 Å². The standard InChI is InChI=1S/C16H18N2O2/c1-18(11-12-19)16(20)17-15-10-6-5-9-14(15)13-7-3-2-4-8-13/h2-10,19H,11-12H2,1H3,(H,17,20). The predicted molar refractivity (Wildman–Crippen MR) is 80.6 cm³/mol. The SMILES string of the molecule is CN(CCO)C(=O)Nc1ccccc1-c1ccccc1. The van der Waals surface area contributed by atoms with Gasteiger partial charge in [-0.15, -0.1) is 0 Å². The summed E-state index contributed by atoms with van der Waals surface area (Å²) in [7, 11) is 1.65. The van der Waals surface area contributed by atoms with Crippen molar-refractivity contribution in [1.82, 2.24) is 4.90 Å². The summed E-state index contributed by atoms with van der Waals surface area (Å²) in [6, 6.07) is 17.3. The quantitative estimate of drug-likeness (QED) is 0.897. The molecular formula is C16H18N2O2. The molecule has 0 atom stereocenters. The molecule has 0 aliphatic rings. The monoisotopic (exact) mass is 270 g/mol. The first-order valence-corrected chi connectivity index (χ1v) is 6.50. The van der Waals surface area contributed by atoms with Crippen molar-refractivity contribution >= 4 is 11.7 Å². The third-order valence-corrected chi connectivity index (χ3v) is 3.04. The van der Waals surface area contributed by atoms with E-state index in [-0.39, 0.29) is 12.6 Å². The van der Waals surface area contributed by atoms with Gasteiger partial charge < -0.3 is 15.3 Å². The van der Waals surface area contributed by atoms with Gasteiger partial charge in [0.15, 0.2) is 0 Å². The molecule has 0 bridgehead atoms. The Morgan fingerprint density at radius 3 is 2.45 bits per heavy atom. The Morgan fingerprint density at radius 2 is 1.75 bits per heavy atom. The van der Waals surface area contributed by atoms with Gasteiger partial charge in [-0.05, 0) is 11.6 Å². The number of carbonyl (C=O) groups is 1. The zero-order chi connectivity index (χ0) is 14.4. The number of nitrogens with one attached hydrogen (secondary N) is 1. The lowest BCUT2D eigenvalue weighted by molar-refractivity contribution is 0.202. The van der Waals surface area contributed by atoms with Crippen molar-refractivity contribution in [1.29, 1.82) is 0 Å². The second-order valence-corrected chi connectivity index (χ2v) is 4.49. The summed E-state index contributed by atoms with van der Waals surface area (Å²) in [5.74, 6) is 0. The Kier molecular flexibility index (Phi) is 4.74. The van der Waals surface area contributed by atoms with Crippen molar-refractivity contribution in [2.75, 3.05) is 25.5 Å². The molecule has 0 unspecified atom stereocenters. The highest BCUT2D eigenvalue weighted by atomic mass is 16.3. The molecule has 2 aromatic carbocycles. The molecule has 2 aromatic rings. The Balaban J connectivity index is 2.23. The van der Waals surface area contributed by atoms with Gasteiger partial charge in [-0.25, -0.2) is 4.79 Å². The number of rotatable bonds is 4. The van der Waals surface area contributed by atoms with Crippen LogP contribution in [-0.2, 0) is 0 Å². The summed E-state index contributed by atoms with van der Waals surface area (Å²) in [4.78, 5) is 13.4. The van der Waals surface area contributed by atoms with E-state index in [1.807, 2.05) is 54.6 Å². The molecule has 0 aromatic heterocycles. The largest absolute Gasteiger partial charge is 0.395 e. The molecule has 0 saturated heterocycles. The van der Waals surface area contributed by atoms with Gasteiger partial charge >= 0.3 is 6.03 Å². The van der Waals surface area contributed by atoms with E-state index in [0.29, 0.717) is 6.54 Å². The number of anilines is 1. The lowest BCUT2D eigenvalue weighted by atomic mass is 10.0. The van der Waals surface area contributed by atoms with Crippen LogP contribution in [0.4, 0.5) is 10.5 Å². The Hall–Kier alpha value is -2.33. The van der Waals surface area contributed by atoms with Gasteiger partial charge in [0.05, 0.1) is 12.3 Å². The third kappa shape index (κ3) is 3.36. The number of benzene rings is 2. The average molecular weight is 270 g/mol. The maximum Gasteiger partial charge on any atom is 0.321 e. The molecule has 2 amide bonds. The highest BCUT2D eigenvalue weighted by Gasteiger charge is 2.11. The fraction of sp³-hybridized carbons (Fsp3) is 0.188. The second kappa shape index (κ2) is 6.73. The van der Waals surface area contributed by atoms with Gasteiger partial charge in [-0.3, -0.25) is 0 Å². The van der Waals surface area contributed by atoms with Crippen LogP contribution in [0.3, 0.4) is 0 Å². The highest BCUT2D eigenvalue weighted by molar-refractivity contribution is 5.94. The summed E-state index contributed by atoms with van der Waals surface area (Å²) in [6.07, 6.45) is 0. The number of urea groups is 1. The van der Waals surface area contributed by atoms with Crippen LogP contribution in [0.1, 0.15) is 0 Å². The smallest absolute Gasteiger partial charge is 0.321 e. The van der Waals surface area contributed by atoms with E-state index in [4.69, 9.17) is 5.11 Å². The molecular weight excluding hydrogens is 252 g/mol. The second-order valence-electron chi connectivity index (χ2n) is 4.49. The fourth-order valence-corrected chi connectivity index (χ4v) is 1.92. The Morgan fingerprint density at radius 1 is 1.10 bits per heavy atom. The van der Waals surface area contributed by atoms with Gasteiger partial charge in [-0.1, -0.05) is 48.5 Å². The van der Waals surface area contributed by atoms with Crippen molar-refractivity contribution < 1.29 is 9.90 Å². The molecule has 2 N–H and O–H groups in total. The molecule has 4 heteroatoms. The number of aliphatic hydroxyl groups is 1. The van der Waals surface area contributed by atoms with Crippen LogP contribution >= 0.6 is 0 Å². The van der Waals surface area contributed by atoms with E-state index in [1.54, 1.807) is 7.05 Å². The van der Waals surface area contributed by atoms with Crippen molar-refractivity contribution in [3.63, 3.8) is 0 Å². The number of nitrogens with zero attached hydrogens (tertiary/aromatic N) is 1. The molecule has 0 aliphatic carbocycles. The summed E-state index contributed by atoms with van der Waals surface area (Å²) in [5.41, 5.74) is 2.78. The van der Waals surface area contributed by atoms with E-state index in [1.165, 1.54) is 4.90 Å². The lowest BCUT2D eigenvalue weighted by Gasteiger charge is -2.18. The first kappa shape index (κ1) is 14.1. The van der Waals surface area contributed by atoms with Gasteiger partial charge in [0.2, 0.25) is 0 Å². The summed E-state index contributed by atoms with van der Waals surface area (Å²) >= 11 is 0. The van der Waals surface area contributed by atoms with Gasteiger partial charge in [0, 0.05) is 19.2 Å². The lowest BCUT2D eigenvalue weighted by Crippen LogP contribution is -2.33. The summed E-state index contributed by atoms with van der Waals surface area (Å²) in [6.45, 7) is 0.254. The van der Waals surface area contributed by atoms with E-state index >= 15 is 0 Å². The molecule has 0 saturated carbocycles. The highest BCUT2D eigenvalue weighted by Crippen LogP contribution is 2.27. The minimum atomic E-state index is -0.234. The molecule has 0 heterocycles. The number of para-hydroxylation sites is 1. The van der Waals surface area contributed by atoms with Crippen molar-refractivity contribution in [2.24, 2.45) is 0 Å². The maximum atomic E-state index is 12.0. The normalized spacial score (nSPS) is 10.1. The van der Waals surface area contributed by atoms with Crippen LogP contribution in [0.15, 0.2) is 54.6 Å². The van der Waals surface area contributed by atoms with Crippen LogP contribution in [0.25, 0.3) is 11.1 Å². The number of carbonyl (C=O) groups excluding carboxylic acids is 1. The van der Waals surface area contributed by atoms with Crippen LogP contribution in [-0.4, -0.2) is 36.2 Å². The number of amides is 2. The third-order valence-electron chi connectivity index (χ3n) is 3.04. The molecule has 2 rings (SSSR count). The minimum absolute atomic E-state index is 0.0513. The van der Waals surface area contributed by atoms with E-state index in [0.717, 1.165) is 16.8 Å². The molecule has 104 valence electrons. The van der Waals surface area contributed by atoms with E-state index < -0.39 is 0 Å². The fourth-order valence-electron chi connectivity index (χ4n) is 1.92. The van der Waals surface area contributed by atoms with Crippen molar-refractivity contribution in [2.45, 2.75) is 0 Å². The zero-order valence-electron chi connectivity index (χ0n) is 11.4. The van der Waals surface area contributed by atoms with Gasteiger partial charge in [-0.2, -0.15) is 0 Å². The van der Waals surface area contributed by atoms with E-state index in [2.05, 4.69) is 5.32 Å². The Labute approximate surface area is 118 Å². The van der Waals surface area contributed by atoms with Gasteiger partial charge in [0.1, 0.15) is 0 Å². The topological polar surface area (TPSA) is 52.6 Å². The molecule has 0 fully saturated rings. The van der Waals surface area contributed by atoms with Crippen molar-refractivity contribution in [3.05, 3.63) is 54.6 Å². The van der Waals surface area contributed by atoms with Crippen LogP contribution in [0.2, 0.25) is 0 Å². The maximum absolute atomic E-state index is 12.0. The molecule has 0 aliphatic heterocycles. The summed E-state index contributed by atoms with van der Waals surface area (Å²) < 4.78 is 0. The molecule has 0 spiro atoms. The average Bonchev–Trinajstić information content (AvgIpc) is 2.49. The van der Waals surface area contributed by atoms with Gasteiger partial charge in [0.25, 0.3) is 0 Å². The number of aliphatic hydroxyl groups excluding tert-OH is 1. The number of likely N-dealkylation sites (N-methyl/N-ethyl adjacent to an activating group) is 1. The predicted octanol–water partition coefficient (Wildman–Crippen LogP) is 2.81. The van der Waals surface area contributed by atoms with Crippen LogP contribution in [0.5, 0.6) is 0 Å². The van der Waals surface area contributed by atoms with Crippen LogP contribution < -0.4 is 5.32 Å². The molecule has 4 nitrogen and oxygen atoms in total. The zero-order valence-corrected chi connectivity index (χ0v) is 11.4. The number of hydrogen-bond donors (Lipinski definition) is 2. The first-order chi connectivity index (χ1) is 9.72. The Bertz CT molecular complexity index is 570. The van der Waals surface area contributed by atoms with E-state index in [9.17, 15) is 4.79 Å². The molecule has 20 heavy (non-hydrogen) atoms. The minimum Gasteiger partial charge on any atom is -0.395 e.